The number of benzene rings is 2. The summed E-state index contributed by atoms with van der Waals surface area (Å²) in [6, 6.07) is 12.0. The van der Waals surface area contributed by atoms with Gasteiger partial charge in [0.25, 0.3) is 5.91 Å². The SMILES string of the molecule is C=CCOc1c(Br)cc(/C=C2\SC(=NC(=O)c3ccccc3)C(C(=O)OCC)=C2O)cc1OCC. The molecule has 0 saturated carbocycles. The lowest BCUT2D eigenvalue weighted by atomic mass is 10.1. The molecule has 1 aliphatic heterocycles. The van der Waals surface area contributed by atoms with E-state index in [1.807, 2.05) is 6.92 Å². The van der Waals surface area contributed by atoms with Crippen molar-refractivity contribution in [1.82, 2.24) is 0 Å². The average molecular weight is 558 g/mol. The van der Waals surface area contributed by atoms with Gasteiger partial charge in [0.15, 0.2) is 11.5 Å². The van der Waals surface area contributed by atoms with Crippen LogP contribution in [0.25, 0.3) is 6.08 Å². The van der Waals surface area contributed by atoms with Crippen molar-refractivity contribution in [3.63, 3.8) is 0 Å². The minimum Gasteiger partial charge on any atom is -0.506 e. The number of ether oxygens (including phenoxy) is 3. The maximum Gasteiger partial charge on any atom is 0.344 e. The Bertz CT molecular complexity index is 1220. The summed E-state index contributed by atoms with van der Waals surface area (Å²) < 4.78 is 17.2. The second-order valence-corrected chi connectivity index (χ2v) is 8.89. The van der Waals surface area contributed by atoms with Crippen molar-refractivity contribution in [2.45, 2.75) is 13.8 Å². The maximum atomic E-state index is 12.7. The fraction of sp³-hybridized carbons (Fsp3) is 0.192. The van der Waals surface area contributed by atoms with Crippen LogP contribution in [-0.2, 0) is 9.53 Å². The maximum absolute atomic E-state index is 12.7. The molecule has 7 nitrogen and oxygen atoms in total. The van der Waals surface area contributed by atoms with E-state index in [2.05, 4.69) is 27.5 Å². The highest BCUT2D eigenvalue weighted by Crippen LogP contribution is 2.42. The average Bonchev–Trinajstić information content (AvgIpc) is 3.13. The van der Waals surface area contributed by atoms with E-state index in [9.17, 15) is 14.7 Å². The second kappa shape index (κ2) is 12.4. The highest BCUT2D eigenvalue weighted by molar-refractivity contribution is 9.10. The summed E-state index contributed by atoms with van der Waals surface area (Å²) in [4.78, 5) is 29.7. The molecule has 0 saturated heterocycles. The van der Waals surface area contributed by atoms with Crippen molar-refractivity contribution in [1.29, 1.82) is 0 Å². The summed E-state index contributed by atoms with van der Waals surface area (Å²) in [5.41, 5.74) is 0.878. The van der Waals surface area contributed by atoms with E-state index in [-0.39, 0.29) is 23.0 Å². The number of nitrogens with zero attached hydrogens (tertiary/aromatic N) is 1. The number of amides is 1. The van der Waals surface area contributed by atoms with Crippen molar-refractivity contribution in [3.8, 4) is 11.5 Å². The first-order valence-corrected chi connectivity index (χ1v) is 12.4. The Morgan fingerprint density at radius 3 is 2.54 bits per heavy atom. The zero-order chi connectivity index (χ0) is 25.4. The van der Waals surface area contributed by atoms with Crippen molar-refractivity contribution in [3.05, 3.63) is 87.0 Å². The molecule has 0 aromatic heterocycles. The smallest absolute Gasteiger partial charge is 0.344 e. The van der Waals surface area contributed by atoms with Crippen molar-refractivity contribution in [2.75, 3.05) is 19.8 Å². The molecule has 0 atom stereocenters. The van der Waals surface area contributed by atoms with Gasteiger partial charge in [-0.15, -0.1) is 0 Å². The number of thioether (sulfide) groups is 1. The van der Waals surface area contributed by atoms with Crippen LogP contribution >= 0.6 is 27.7 Å². The highest BCUT2D eigenvalue weighted by atomic mass is 79.9. The van der Waals surface area contributed by atoms with Gasteiger partial charge in [0.05, 0.1) is 22.6 Å². The molecule has 0 bridgehead atoms. The van der Waals surface area contributed by atoms with Gasteiger partial charge in [-0.3, -0.25) is 4.79 Å². The normalized spacial score (nSPS) is 15.4. The summed E-state index contributed by atoms with van der Waals surface area (Å²) in [5, 5.41) is 11.0. The predicted octanol–water partition coefficient (Wildman–Crippen LogP) is 6.11. The molecule has 1 amide bonds. The van der Waals surface area contributed by atoms with Gasteiger partial charge in [-0.05, 0) is 65.7 Å². The van der Waals surface area contributed by atoms with Gasteiger partial charge < -0.3 is 19.3 Å². The Morgan fingerprint density at radius 2 is 1.89 bits per heavy atom. The number of aliphatic hydroxyl groups is 1. The van der Waals surface area contributed by atoms with E-state index in [0.29, 0.717) is 45.2 Å². The van der Waals surface area contributed by atoms with E-state index in [0.717, 1.165) is 11.8 Å². The Balaban J connectivity index is 2.04. The van der Waals surface area contributed by atoms with Crippen LogP contribution in [0.3, 0.4) is 0 Å². The van der Waals surface area contributed by atoms with Gasteiger partial charge in [-0.1, -0.05) is 42.6 Å². The summed E-state index contributed by atoms with van der Waals surface area (Å²) >= 11 is 4.50. The number of hydrogen-bond donors (Lipinski definition) is 1. The minimum atomic E-state index is -0.759. The van der Waals surface area contributed by atoms with Crippen LogP contribution in [0.4, 0.5) is 0 Å². The molecular formula is C26H24BrNO6S. The van der Waals surface area contributed by atoms with Gasteiger partial charge in [0, 0.05) is 5.56 Å². The molecular weight excluding hydrogens is 534 g/mol. The topological polar surface area (TPSA) is 94.4 Å². The first kappa shape index (κ1) is 26.3. The first-order valence-electron chi connectivity index (χ1n) is 10.8. The molecule has 0 aliphatic carbocycles. The molecule has 0 unspecified atom stereocenters. The monoisotopic (exact) mass is 557 g/mol. The van der Waals surface area contributed by atoms with Crippen LogP contribution in [0.15, 0.2) is 80.8 Å². The number of aliphatic imine (C=N–C) groups is 1. The lowest BCUT2D eigenvalue weighted by Crippen LogP contribution is -2.14. The largest absolute Gasteiger partial charge is 0.506 e. The summed E-state index contributed by atoms with van der Waals surface area (Å²) in [6.07, 6.45) is 3.30. The Morgan fingerprint density at radius 1 is 1.14 bits per heavy atom. The van der Waals surface area contributed by atoms with E-state index in [4.69, 9.17) is 14.2 Å². The number of hydrogen-bond acceptors (Lipinski definition) is 7. The molecule has 3 rings (SSSR count). The Kier molecular flexibility index (Phi) is 9.33. The third kappa shape index (κ3) is 6.43. The molecule has 35 heavy (non-hydrogen) atoms. The molecule has 2 aromatic carbocycles. The summed E-state index contributed by atoms with van der Waals surface area (Å²) in [5.74, 6) is -0.579. The molecule has 2 aromatic rings. The summed E-state index contributed by atoms with van der Waals surface area (Å²) in [7, 11) is 0. The van der Waals surface area contributed by atoms with Crippen LogP contribution < -0.4 is 9.47 Å². The molecule has 1 N–H and O–H groups in total. The summed E-state index contributed by atoms with van der Waals surface area (Å²) in [6.45, 7) is 8.00. The van der Waals surface area contributed by atoms with Gasteiger partial charge >= 0.3 is 5.97 Å². The Hall–Kier alpha value is -3.30. The van der Waals surface area contributed by atoms with Crippen LogP contribution in [0.5, 0.6) is 11.5 Å². The molecule has 0 radical (unpaired) electrons. The molecule has 0 fully saturated rings. The van der Waals surface area contributed by atoms with Crippen LogP contribution in [0.1, 0.15) is 29.8 Å². The number of rotatable bonds is 9. The molecule has 1 heterocycles. The van der Waals surface area contributed by atoms with Gasteiger partial charge in [0.2, 0.25) is 0 Å². The fourth-order valence-corrected chi connectivity index (χ4v) is 4.68. The molecule has 182 valence electrons. The van der Waals surface area contributed by atoms with E-state index in [1.165, 1.54) is 0 Å². The Labute approximate surface area is 216 Å². The third-order valence-electron chi connectivity index (χ3n) is 4.57. The highest BCUT2D eigenvalue weighted by Gasteiger charge is 2.34. The lowest BCUT2D eigenvalue weighted by molar-refractivity contribution is -0.138. The molecule has 9 heteroatoms. The van der Waals surface area contributed by atoms with Crippen LogP contribution in [0.2, 0.25) is 0 Å². The lowest BCUT2D eigenvalue weighted by Gasteiger charge is -2.14. The second-order valence-electron chi connectivity index (χ2n) is 7.01. The number of carbonyl (C=O) groups is 2. The van der Waals surface area contributed by atoms with Gasteiger partial charge in [-0.2, -0.15) is 0 Å². The van der Waals surface area contributed by atoms with E-state index >= 15 is 0 Å². The minimum absolute atomic E-state index is 0.0658. The zero-order valence-corrected chi connectivity index (χ0v) is 21.6. The quantitative estimate of drug-likeness (QED) is 0.293. The molecule has 1 aliphatic rings. The van der Waals surface area contributed by atoms with E-state index < -0.39 is 11.9 Å². The number of esters is 1. The fourth-order valence-electron chi connectivity index (χ4n) is 3.10. The first-order chi connectivity index (χ1) is 16.9. The van der Waals surface area contributed by atoms with Crippen LogP contribution in [-0.4, -0.2) is 41.8 Å². The van der Waals surface area contributed by atoms with E-state index in [1.54, 1.807) is 61.5 Å². The van der Waals surface area contributed by atoms with Crippen molar-refractivity contribution >= 4 is 50.7 Å². The number of carbonyl (C=O) groups excluding carboxylic acids is 2. The number of halogens is 1. The molecule has 0 spiro atoms. The standard InChI is InChI=1S/C26H24BrNO6S/c1-4-12-34-23-18(27)13-16(14-19(23)32-5-2)15-20-22(29)21(26(31)33-6-3)25(35-20)28-24(30)17-10-8-7-9-11-17/h4,7-11,13-15,29H,1,5-6,12H2,2-3H3/b20-15-,28-25?. The number of aliphatic hydroxyl groups excluding tert-OH is 1. The predicted molar refractivity (Wildman–Crippen MR) is 141 cm³/mol. The van der Waals surface area contributed by atoms with Gasteiger partial charge in [0.1, 0.15) is 23.0 Å². The third-order valence-corrected chi connectivity index (χ3v) is 6.18. The van der Waals surface area contributed by atoms with Gasteiger partial charge in [-0.25, -0.2) is 9.79 Å². The zero-order valence-electron chi connectivity index (χ0n) is 19.2. The van der Waals surface area contributed by atoms with Crippen molar-refractivity contribution in [2.24, 2.45) is 4.99 Å². The van der Waals surface area contributed by atoms with Crippen molar-refractivity contribution < 1.29 is 28.9 Å². The van der Waals surface area contributed by atoms with Crippen LogP contribution in [0, 0.1) is 0 Å².